The van der Waals surface area contributed by atoms with Crippen LogP contribution >= 0.6 is 0 Å². The number of nitro groups is 1. The molecular weight excluding hydrogens is 302 g/mol. The highest BCUT2D eigenvalue weighted by atomic mass is 16.7. The van der Waals surface area contributed by atoms with Crippen LogP contribution in [0.15, 0.2) is 48.5 Å². The van der Waals surface area contributed by atoms with Crippen LogP contribution in [0.5, 0.6) is 5.75 Å². The minimum Gasteiger partial charge on any atom is -0.449 e. The third-order valence-corrected chi connectivity index (χ3v) is 3.12. The van der Waals surface area contributed by atoms with Crippen molar-refractivity contribution in [2.75, 3.05) is 6.61 Å². The van der Waals surface area contributed by atoms with Crippen molar-refractivity contribution in [2.24, 2.45) is 0 Å². The fraction of sp³-hybridized carbons (Fsp3) is 0.188. The average Bonchev–Trinajstić information content (AvgIpc) is 2.52. The Bertz CT molecular complexity index is 701. The molecule has 2 aromatic rings. The maximum absolute atomic E-state index is 11.3. The van der Waals surface area contributed by atoms with Crippen molar-refractivity contribution in [3.05, 3.63) is 69.8 Å². The van der Waals surface area contributed by atoms with E-state index in [1.54, 1.807) is 31.2 Å². The minimum atomic E-state index is -1.49. The van der Waals surface area contributed by atoms with Crippen molar-refractivity contribution in [3.63, 3.8) is 0 Å². The number of hydrogen-bond donors (Lipinski definition) is 1. The Morgan fingerprint density at radius 2 is 1.96 bits per heavy atom. The van der Waals surface area contributed by atoms with Gasteiger partial charge in [-0.2, -0.15) is 0 Å². The SMILES string of the molecule is CCOC(c1ccccc1)c1cc(OC(=O)O)ccc1[N+](=O)[O-]. The molecule has 0 aromatic heterocycles. The second-order valence-electron chi connectivity index (χ2n) is 4.59. The lowest BCUT2D eigenvalue weighted by molar-refractivity contribution is -0.386. The molecule has 23 heavy (non-hydrogen) atoms. The molecule has 120 valence electrons. The van der Waals surface area contributed by atoms with Crippen LogP contribution in [0.4, 0.5) is 10.5 Å². The topological polar surface area (TPSA) is 98.9 Å². The number of hydrogen-bond acceptors (Lipinski definition) is 5. The van der Waals surface area contributed by atoms with Crippen LogP contribution in [0.25, 0.3) is 0 Å². The lowest BCUT2D eigenvalue weighted by atomic mass is 9.99. The molecule has 0 spiro atoms. The highest BCUT2D eigenvalue weighted by Crippen LogP contribution is 2.35. The quantitative estimate of drug-likeness (QED) is 0.377. The van der Waals surface area contributed by atoms with Gasteiger partial charge < -0.3 is 14.6 Å². The minimum absolute atomic E-state index is 0.00117. The van der Waals surface area contributed by atoms with Gasteiger partial charge in [0.05, 0.1) is 10.5 Å². The molecular formula is C16H15NO6. The first-order chi connectivity index (χ1) is 11.0. The largest absolute Gasteiger partial charge is 0.511 e. The Kier molecular flexibility index (Phi) is 5.27. The predicted molar refractivity (Wildman–Crippen MR) is 81.7 cm³/mol. The van der Waals surface area contributed by atoms with Crippen LogP contribution in [0, 0.1) is 10.1 Å². The van der Waals surface area contributed by atoms with Crippen molar-refractivity contribution >= 4 is 11.8 Å². The van der Waals surface area contributed by atoms with Crippen LogP contribution in [0.2, 0.25) is 0 Å². The number of rotatable bonds is 6. The van der Waals surface area contributed by atoms with Crippen molar-refractivity contribution < 1.29 is 24.3 Å². The molecule has 0 heterocycles. The third kappa shape index (κ3) is 4.04. The molecule has 0 aliphatic rings. The Labute approximate surface area is 132 Å². The van der Waals surface area contributed by atoms with Gasteiger partial charge in [-0.3, -0.25) is 10.1 Å². The highest BCUT2D eigenvalue weighted by molar-refractivity contribution is 5.62. The van der Waals surface area contributed by atoms with Gasteiger partial charge in [-0.1, -0.05) is 30.3 Å². The summed E-state index contributed by atoms with van der Waals surface area (Å²) >= 11 is 0. The van der Waals surface area contributed by atoms with E-state index >= 15 is 0 Å². The molecule has 0 aliphatic carbocycles. The summed E-state index contributed by atoms with van der Waals surface area (Å²) in [6.07, 6.45) is -2.18. The maximum Gasteiger partial charge on any atom is 0.511 e. The molecule has 7 nitrogen and oxygen atoms in total. The lowest BCUT2D eigenvalue weighted by Crippen LogP contribution is -2.10. The first-order valence-corrected chi connectivity index (χ1v) is 6.88. The second-order valence-corrected chi connectivity index (χ2v) is 4.59. The standard InChI is InChI=1S/C16H15NO6/c1-2-22-15(11-6-4-3-5-7-11)13-10-12(23-16(18)19)8-9-14(13)17(20)21/h3-10,15H,2H2,1H3,(H,18,19). The lowest BCUT2D eigenvalue weighted by Gasteiger charge is -2.18. The molecule has 1 N–H and O–H groups in total. The smallest absolute Gasteiger partial charge is 0.449 e. The molecule has 1 unspecified atom stereocenters. The average molecular weight is 317 g/mol. The van der Waals surface area contributed by atoms with Gasteiger partial charge >= 0.3 is 6.16 Å². The monoisotopic (exact) mass is 317 g/mol. The molecule has 0 aliphatic heterocycles. The van der Waals surface area contributed by atoms with Crippen molar-refractivity contribution in [1.29, 1.82) is 0 Å². The summed E-state index contributed by atoms with van der Waals surface area (Å²) in [7, 11) is 0. The normalized spacial score (nSPS) is 11.7. The molecule has 2 rings (SSSR count). The van der Waals surface area contributed by atoms with Crippen LogP contribution in [-0.2, 0) is 4.74 Å². The van der Waals surface area contributed by atoms with E-state index < -0.39 is 17.2 Å². The predicted octanol–water partition coefficient (Wildman–Crippen LogP) is 3.78. The van der Waals surface area contributed by atoms with E-state index in [-0.39, 0.29) is 17.0 Å². The van der Waals surface area contributed by atoms with E-state index in [4.69, 9.17) is 9.84 Å². The summed E-state index contributed by atoms with van der Waals surface area (Å²) in [5.41, 5.74) is 0.803. The first kappa shape index (κ1) is 16.4. The molecule has 0 fully saturated rings. The highest BCUT2D eigenvalue weighted by Gasteiger charge is 2.25. The maximum atomic E-state index is 11.3. The van der Waals surface area contributed by atoms with Crippen LogP contribution < -0.4 is 4.74 Å². The van der Waals surface area contributed by atoms with Gasteiger partial charge in [0.15, 0.2) is 0 Å². The van der Waals surface area contributed by atoms with Gasteiger partial charge in [-0.05, 0) is 24.6 Å². The molecule has 7 heteroatoms. The summed E-state index contributed by atoms with van der Waals surface area (Å²) in [6.45, 7) is 2.11. The van der Waals surface area contributed by atoms with E-state index in [0.717, 1.165) is 5.56 Å². The van der Waals surface area contributed by atoms with Gasteiger partial charge in [0, 0.05) is 12.7 Å². The Morgan fingerprint density at radius 3 is 2.52 bits per heavy atom. The van der Waals surface area contributed by atoms with E-state index in [0.29, 0.717) is 6.61 Å². The van der Waals surface area contributed by atoms with E-state index in [1.165, 1.54) is 18.2 Å². The van der Waals surface area contributed by atoms with E-state index in [2.05, 4.69) is 4.74 Å². The fourth-order valence-electron chi connectivity index (χ4n) is 2.23. The summed E-state index contributed by atoms with van der Waals surface area (Å²) in [5.74, 6) is -0.00117. The summed E-state index contributed by atoms with van der Waals surface area (Å²) in [6, 6.07) is 12.8. The number of nitro benzene ring substituents is 1. The van der Waals surface area contributed by atoms with Gasteiger partial charge in [0.2, 0.25) is 0 Å². The number of benzene rings is 2. The van der Waals surface area contributed by atoms with E-state index in [1.807, 2.05) is 6.07 Å². The fourth-order valence-corrected chi connectivity index (χ4v) is 2.23. The van der Waals surface area contributed by atoms with Crippen LogP contribution in [-0.4, -0.2) is 22.8 Å². The summed E-state index contributed by atoms with van der Waals surface area (Å²) in [5, 5.41) is 20.0. The molecule has 0 radical (unpaired) electrons. The Morgan fingerprint density at radius 1 is 1.26 bits per heavy atom. The van der Waals surface area contributed by atoms with Crippen molar-refractivity contribution in [3.8, 4) is 5.75 Å². The molecule has 2 aromatic carbocycles. The molecule has 1 atom stereocenters. The first-order valence-electron chi connectivity index (χ1n) is 6.88. The van der Waals surface area contributed by atoms with Crippen molar-refractivity contribution in [2.45, 2.75) is 13.0 Å². The molecule has 0 bridgehead atoms. The molecule has 0 saturated carbocycles. The van der Waals surface area contributed by atoms with E-state index in [9.17, 15) is 14.9 Å². The third-order valence-electron chi connectivity index (χ3n) is 3.12. The zero-order valence-corrected chi connectivity index (χ0v) is 12.3. The van der Waals surface area contributed by atoms with Gasteiger partial charge in [-0.15, -0.1) is 0 Å². The molecule has 0 saturated heterocycles. The zero-order valence-electron chi connectivity index (χ0n) is 12.3. The summed E-state index contributed by atoms with van der Waals surface area (Å²) in [4.78, 5) is 21.4. The summed E-state index contributed by atoms with van der Waals surface area (Å²) < 4.78 is 10.2. The number of carboxylic acid groups (broad SMARTS) is 1. The molecule has 0 amide bonds. The zero-order chi connectivity index (χ0) is 16.8. The van der Waals surface area contributed by atoms with Crippen LogP contribution in [0.3, 0.4) is 0 Å². The van der Waals surface area contributed by atoms with Gasteiger partial charge in [-0.25, -0.2) is 4.79 Å². The second kappa shape index (κ2) is 7.37. The van der Waals surface area contributed by atoms with Gasteiger partial charge in [0.25, 0.3) is 5.69 Å². The van der Waals surface area contributed by atoms with Gasteiger partial charge in [0.1, 0.15) is 11.9 Å². The number of carbonyl (C=O) groups is 1. The van der Waals surface area contributed by atoms with Crippen LogP contribution in [0.1, 0.15) is 24.2 Å². The Hall–Kier alpha value is -2.93. The number of ether oxygens (including phenoxy) is 2. The number of nitrogens with zero attached hydrogens (tertiary/aromatic N) is 1. The van der Waals surface area contributed by atoms with Crippen molar-refractivity contribution in [1.82, 2.24) is 0 Å². The Balaban J connectivity index is 2.54.